The predicted octanol–water partition coefficient (Wildman–Crippen LogP) is 3.60. The van der Waals surface area contributed by atoms with Crippen molar-refractivity contribution < 1.29 is 14.1 Å². The zero-order valence-electron chi connectivity index (χ0n) is 14.5. The highest BCUT2D eigenvalue weighted by Gasteiger charge is 2.16. The molecule has 0 bridgehead atoms. The van der Waals surface area contributed by atoms with Crippen LogP contribution in [-0.2, 0) is 17.8 Å². The van der Waals surface area contributed by atoms with Crippen molar-refractivity contribution >= 4 is 17.5 Å². The molecular formula is C19H18ClN3O3. The van der Waals surface area contributed by atoms with E-state index in [1.54, 1.807) is 20.2 Å². The summed E-state index contributed by atoms with van der Waals surface area (Å²) < 4.78 is 10.4. The summed E-state index contributed by atoms with van der Waals surface area (Å²) >= 11 is 6.11. The molecule has 3 aromatic rings. The Balaban J connectivity index is 1.64. The Kier molecular flexibility index (Phi) is 5.53. The second-order valence-electron chi connectivity index (χ2n) is 5.76. The molecule has 1 heterocycles. The van der Waals surface area contributed by atoms with Gasteiger partial charge in [0, 0.05) is 17.6 Å². The molecule has 134 valence electrons. The smallest absolute Gasteiger partial charge is 0.246 e. The molecule has 3 rings (SSSR count). The van der Waals surface area contributed by atoms with E-state index in [-0.39, 0.29) is 18.9 Å². The summed E-state index contributed by atoms with van der Waals surface area (Å²) in [6.07, 6.45) is 0.218. The Labute approximate surface area is 156 Å². The quantitative estimate of drug-likeness (QED) is 0.662. The lowest BCUT2D eigenvalue weighted by Gasteiger charge is -2.15. The van der Waals surface area contributed by atoms with E-state index in [0.717, 1.165) is 16.9 Å². The lowest BCUT2D eigenvalue weighted by atomic mass is 10.1. The van der Waals surface area contributed by atoms with Crippen molar-refractivity contribution in [1.29, 1.82) is 0 Å². The van der Waals surface area contributed by atoms with Gasteiger partial charge in [-0.1, -0.05) is 35.0 Å². The highest BCUT2D eigenvalue weighted by Crippen LogP contribution is 2.20. The largest absolute Gasteiger partial charge is 0.497 e. The number of methoxy groups -OCH3 is 1. The van der Waals surface area contributed by atoms with Crippen molar-refractivity contribution in [2.45, 2.75) is 13.0 Å². The summed E-state index contributed by atoms with van der Waals surface area (Å²) in [4.78, 5) is 18.3. The minimum absolute atomic E-state index is 0.0812. The molecule has 0 N–H and O–H groups in total. The third kappa shape index (κ3) is 4.21. The van der Waals surface area contributed by atoms with E-state index in [1.807, 2.05) is 42.5 Å². The van der Waals surface area contributed by atoms with Gasteiger partial charge in [-0.2, -0.15) is 4.98 Å². The van der Waals surface area contributed by atoms with Crippen molar-refractivity contribution in [2.24, 2.45) is 0 Å². The molecule has 0 fully saturated rings. The Morgan fingerprint density at radius 1 is 1.19 bits per heavy atom. The van der Waals surface area contributed by atoms with Gasteiger partial charge in [0.2, 0.25) is 17.6 Å². The van der Waals surface area contributed by atoms with E-state index in [1.165, 1.54) is 4.90 Å². The van der Waals surface area contributed by atoms with Crippen LogP contribution in [0.5, 0.6) is 5.75 Å². The minimum Gasteiger partial charge on any atom is -0.497 e. The van der Waals surface area contributed by atoms with Crippen molar-refractivity contribution in [1.82, 2.24) is 15.0 Å². The molecule has 6 nitrogen and oxygen atoms in total. The first-order chi connectivity index (χ1) is 12.6. The maximum atomic E-state index is 12.4. The number of hydrogen-bond acceptors (Lipinski definition) is 5. The van der Waals surface area contributed by atoms with Crippen LogP contribution in [0.2, 0.25) is 5.02 Å². The van der Waals surface area contributed by atoms with E-state index in [2.05, 4.69) is 10.1 Å². The van der Waals surface area contributed by atoms with Gasteiger partial charge in [0.1, 0.15) is 5.75 Å². The number of aromatic nitrogens is 2. The van der Waals surface area contributed by atoms with Gasteiger partial charge in [-0.05, 0) is 35.9 Å². The van der Waals surface area contributed by atoms with Crippen molar-refractivity contribution in [2.75, 3.05) is 14.2 Å². The highest BCUT2D eigenvalue weighted by atomic mass is 35.5. The lowest BCUT2D eigenvalue weighted by molar-refractivity contribution is -0.130. The van der Waals surface area contributed by atoms with Crippen molar-refractivity contribution in [3.05, 3.63) is 65.0 Å². The molecule has 0 aliphatic rings. The number of nitrogens with zero attached hydrogens (tertiary/aromatic N) is 3. The fraction of sp³-hybridized carbons (Fsp3) is 0.211. The number of carbonyl (C=O) groups excluding carboxylic acids is 1. The number of carbonyl (C=O) groups is 1. The van der Waals surface area contributed by atoms with Gasteiger partial charge in [-0.15, -0.1) is 0 Å². The van der Waals surface area contributed by atoms with Crippen molar-refractivity contribution in [3.63, 3.8) is 0 Å². The number of ether oxygens (including phenoxy) is 1. The molecule has 0 radical (unpaired) electrons. The maximum absolute atomic E-state index is 12.4. The van der Waals surface area contributed by atoms with Crippen LogP contribution >= 0.6 is 11.6 Å². The van der Waals surface area contributed by atoms with Crippen LogP contribution in [0.15, 0.2) is 53.1 Å². The van der Waals surface area contributed by atoms with E-state index in [4.69, 9.17) is 20.9 Å². The van der Waals surface area contributed by atoms with Crippen LogP contribution in [0.1, 0.15) is 11.5 Å². The summed E-state index contributed by atoms with van der Waals surface area (Å²) in [7, 11) is 3.30. The number of amides is 1. The third-order valence-electron chi connectivity index (χ3n) is 3.91. The van der Waals surface area contributed by atoms with E-state index >= 15 is 0 Å². The number of benzene rings is 2. The van der Waals surface area contributed by atoms with Crippen LogP contribution in [-0.4, -0.2) is 35.1 Å². The third-order valence-corrected chi connectivity index (χ3v) is 4.28. The van der Waals surface area contributed by atoms with Gasteiger partial charge in [0.25, 0.3) is 0 Å². The normalized spacial score (nSPS) is 10.6. The molecule has 2 aromatic carbocycles. The molecular weight excluding hydrogens is 354 g/mol. The Morgan fingerprint density at radius 3 is 2.62 bits per heavy atom. The zero-order valence-corrected chi connectivity index (χ0v) is 15.2. The van der Waals surface area contributed by atoms with Gasteiger partial charge < -0.3 is 14.2 Å². The van der Waals surface area contributed by atoms with Crippen LogP contribution in [0.25, 0.3) is 11.4 Å². The summed E-state index contributed by atoms with van der Waals surface area (Å²) in [5, 5.41) is 4.54. The van der Waals surface area contributed by atoms with Crippen LogP contribution in [0.4, 0.5) is 0 Å². The summed E-state index contributed by atoms with van der Waals surface area (Å²) in [6, 6.07) is 14.6. The summed E-state index contributed by atoms with van der Waals surface area (Å²) in [6.45, 7) is 0.229. The topological polar surface area (TPSA) is 68.5 Å². The Morgan fingerprint density at radius 2 is 1.92 bits per heavy atom. The fourth-order valence-electron chi connectivity index (χ4n) is 2.41. The first kappa shape index (κ1) is 17.9. The SMILES string of the molecule is COc1ccc(-c2noc(CN(C)C(=O)Cc3ccccc3Cl)n2)cc1. The monoisotopic (exact) mass is 371 g/mol. The van der Waals surface area contributed by atoms with Crippen LogP contribution in [0, 0.1) is 0 Å². The highest BCUT2D eigenvalue weighted by molar-refractivity contribution is 6.31. The first-order valence-electron chi connectivity index (χ1n) is 8.01. The summed E-state index contributed by atoms with van der Waals surface area (Å²) in [5.41, 5.74) is 1.60. The molecule has 7 heteroatoms. The molecule has 0 saturated carbocycles. The number of likely N-dealkylation sites (N-methyl/N-ethyl adjacent to an activating group) is 1. The molecule has 26 heavy (non-hydrogen) atoms. The molecule has 1 amide bonds. The van der Waals surface area contributed by atoms with Crippen LogP contribution < -0.4 is 4.74 Å². The molecule has 0 aliphatic carbocycles. The minimum atomic E-state index is -0.0812. The van der Waals surface area contributed by atoms with Gasteiger partial charge in [-0.25, -0.2) is 0 Å². The second kappa shape index (κ2) is 8.01. The maximum Gasteiger partial charge on any atom is 0.246 e. The number of rotatable bonds is 6. The predicted molar refractivity (Wildman–Crippen MR) is 97.9 cm³/mol. The Hall–Kier alpha value is -2.86. The fourth-order valence-corrected chi connectivity index (χ4v) is 2.61. The van der Waals surface area contributed by atoms with Gasteiger partial charge >= 0.3 is 0 Å². The molecule has 0 spiro atoms. The van der Waals surface area contributed by atoms with E-state index < -0.39 is 0 Å². The number of halogens is 1. The van der Waals surface area contributed by atoms with E-state index in [9.17, 15) is 4.79 Å². The molecule has 0 saturated heterocycles. The Bertz CT molecular complexity index is 893. The molecule has 0 atom stereocenters. The average molecular weight is 372 g/mol. The van der Waals surface area contributed by atoms with E-state index in [0.29, 0.717) is 16.7 Å². The lowest BCUT2D eigenvalue weighted by Crippen LogP contribution is -2.27. The summed E-state index contributed by atoms with van der Waals surface area (Å²) in [5.74, 6) is 1.50. The average Bonchev–Trinajstić information content (AvgIpc) is 3.12. The van der Waals surface area contributed by atoms with Crippen molar-refractivity contribution in [3.8, 4) is 17.1 Å². The second-order valence-corrected chi connectivity index (χ2v) is 6.17. The molecule has 1 aromatic heterocycles. The number of hydrogen-bond donors (Lipinski definition) is 0. The van der Waals surface area contributed by atoms with Gasteiger partial charge in [-0.3, -0.25) is 4.79 Å². The zero-order chi connectivity index (χ0) is 18.5. The van der Waals surface area contributed by atoms with Gasteiger partial charge in [0.15, 0.2) is 0 Å². The van der Waals surface area contributed by atoms with Gasteiger partial charge in [0.05, 0.1) is 20.1 Å². The standard InChI is InChI=1S/C19H18ClN3O3/c1-23(18(24)11-14-5-3-4-6-16(14)20)12-17-21-19(22-26-17)13-7-9-15(25-2)10-8-13/h3-10H,11-12H2,1-2H3. The first-order valence-corrected chi connectivity index (χ1v) is 8.39. The van der Waals surface area contributed by atoms with Crippen LogP contribution in [0.3, 0.4) is 0 Å². The molecule has 0 aliphatic heterocycles. The molecule has 0 unspecified atom stereocenters.